The van der Waals surface area contributed by atoms with E-state index in [-0.39, 0.29) is 17.3 Å². The molecule has 5 N–H and O–H groups in total. The molecule has 2 aromatic rings. The SMILES string of the molecule is N[C@@H](Cc1cnc[nH]1)C1=NC(=Cc2ccc(O)cc2)C(=O)N1CC(=O)O. The number of hydrogen-bond donors (Lipinski definition) is 4. The normalized spacial score (nSPS) is 16.8. The molecule has 1 amide bonds. The lowest BCUT2D eigenvalue weighted by molar-refractivity contribution is -0.140. The van der Waals surface area contributed by atoms with Crippen molar-refractivity contribution in [2.24, 2.45) is 10.7 Å². The third-order valence-corrected chi connectivity index (χ3v) is 3.79. The lowest BCUT2D eigenvalue weighted by Crippen LogP contribution is -2.46. The maximum Gasteiger partial charge on any atom is 0.323 e. The van der Waals surface area contributed by atoms with Crippen LogP contribution in [0, 0.1) is 0 Å². The fraction of sp³-hybridized carbons (Fsp3) is 0.176. The van der Waals surface area contributed by atoms with Gasteiger partial charge in [-0.2, -0.15) is 0 Å². The minimum Gasteiger partial charge on any atom is -0.508 e. The molecule has 1 aromatic carbocycles. The molecule has 1 aliphatic heterocycles. The zero-order valence-corrected chi connectivity index (χ0v) is 13.7. The highest BCUT2D eigenvalue weighted by Gasteiger charge is 2.34. The van der Waals surface area contributed by atoms with Gasteiger partial charge in [-0.1, -0.05) is 12.1 Å². The van der Waals surface area contributed by atoms with Gasteiger partial charge in [-0.25, -0.2) is 9.98 Å². The van der Waals surface area contributed by atoms with E-state index in [1.807, 2.05) is 0 Å². The molecule has 134 valence electrons. The molecular formula is C17H17N5O4. The Bertz CT molecular complexity index is 871. The van der Waals surface area contributed by atoms with E-state index in [1.165, 1.54) is 24.5 Å². The number of hydrogen-bond acceptors (Lipinski definition) is 6. The van der Waals surface area contributed by atoms with E-state index in [4.69, 9.17) is 10.8 Å². The molecule has 3 rings (SSSR count). The number of carboxylic acids is 1. The van der Waals surface area contributed by atoms with Crippen LogP contribution in [0.2, 0.25) is 0 Å². The molecule has 1 atom stereocenters. The Morgan fingerprint density at radius 2 is 2.08 bits per heavy atom. The number of aromatic nitrogens is 2. The Morgan fingerprint density at radius 3 is 2.69 bits per heavy atom. The molecule has 0 saturated heterocycles. The fourth-order valence-corrected chi connectivity index (χ4v) is 2.59. The van der Waals surface area contributed by atoms with E-state index < -0.39 is 24.5 Å². The second-order valence-corrected chi connectivity index (χ2v) is 5.76. The first-order valence-corrected chi connectivity index (χ1v) is 7.80. The van der Waals surface area contributed by atoms with E-state index in [0.29, 0.717) is 12.0 Å². The number of carboxylic acid groups (broad SMARTS) is 1. The van der Waals surface area contributed by atoms with Crippen molar-refractivity contribution in [3.05, 3.63) is 53.7 Å². The monoisotopic (exact) mass is 355 g/mol. The Kier molecular flexibility index (Phi) is 4.81. The van der Waals surface area contributed by atoms with Gasteiger partial charge >= 0.3 is 5.97 Å². The van der Waals surface area contributed by atoms with E-state index >= 15 is 0 Å². The van der Waals surface area contributed by atoms with Gasteiger partial charge in [0.25, 0.3) is 5.91 Å². The molecule has 0 spiro atoms. The standard InChI is InChI=1S/C17H17N5O4/c18-13(6-11-7-19-9-20-11)16-21-14(17(26)22(16)8-15(24)25)5-10-1-3-12(23)4-2-10/h1-5,7,9,13,23H,6,8,18H2,(H,19,20)(H,24,25)/t13-/m0/s1. The van der Waals surface area contributed by atoms with Gasteiger partial charge in [-0.3, -0.25) is 14.5 Å². The predicted octanol–water partition coefficient (Wildman–Crippen LogP) is 0.351. The molecule has 9 nitrogen and oxygen atoms in total. The Morgan fingerprint density at radius 1 is 1.35 bits per heavy atom. The van der Waals surface area contributed by atoms with Crippen LogP contribution in [0.25, 0.3) is 6.08 Å². The summed E-state index contributed by atoms with van der Waals surface area (Å²) >= 11 is 0. The highest BCUT2D eigenvalue weighted by Crippen LogP contribution is 2.21. The number of aliphatic imine (C=N–C) groups is 1. The number of nitrogens with one attached hydrogen (secondary N) is 1. The van der Waals surface area contributed by atoms with E-state index in [2.05, 4.69) is 15.0 Å². The van der Waals surface area contributed by atoms with Crippen LogP contribution in [-0.2, 0) is 16.0 Å². The summed E-state index contributed by atoms with van der Waals surface area (Å²) in [5, 5.41) is 18.4. The lowest BCUT2D eigenvalue weighted by Gasteiger charge is -2.20. The molecule has 0 fully saturated rings. The van der Waals surface area contributed by atoms with Crippen molar-refractivity contribution in [3.8, 4) is 5.75 Å². The molecule has 0 unspecified atom stereocenters. The fourth-order valence-electron chi connectivity index (χ4n) is 2.59. The molecule has 2 heterocycles. The zero-order valence-electron chi connectivity index (χ0n) is 13.7. The molecule has 0 bridgehead atoms. The number of phenolic OH excluding ortho intramolecular Hbond substituents is 1. The Hall–Kier alpha value is -3.46. The summed E-state index contributed by atoms with van der Waals surface area (Å²) in [6, 6.07) is 5.53. The van der Waals surface area contributed by atoms with Crippen LogP contribution in [0.4, 0.5) is 0 Å². The Balaban J connectivity index is 1.90. The number of amidine groups is 1. The highest BCUT2D eigenvalue weighted by molar-refractivity contribution is 6.16. The smallest absolute Gasteiger partial charge is 0.323 e. The van der Waals surface area contributed by atoms with Crippen molar-refractivity contribution in [2.45, 2.75) is 12.5 Å². The van der Waals surface area contributed by atoms with Crippen LogP contribution in [0.15, 0.2) is 47.5 Å². The number of carbonyl (C=O) groups is 2. The van der Waals surface area contributed by atoms with Gasteiger partial charge in [0, 0.05) is 18.3 Å². The van der Waals surface area contributed by atoms with E-state index in [1.54, 1.807) is 18.3 Å². The molecular weight excluding hydrogens is 338 g/mol. The second kappa shape index (κ2) is 7.19. The van der Waals surface area contributed by atoms with E-state index in [9.17, 15) is 14.7 Å². The Labute approximate surface area is 148 Å². The van der Waals surface area contributed by atoms with Gasteiger partial charge in [0.2, 0.25) is 0 Å². The topological polar surface area (TPSA) is 145 Å². The van der Waals surface area contributed by atoms with Gasteiger partial charge in [-0.05, 0) is 23.8 Å². The minimum atomic E-state index is -1.16. The molecule has 0 radical (unpaired) electrons. The van der Waals surface area contributed by atoms with Crippen LogP contribution in [0.1, 0.15) is 11.3 Å². The number of rotatable bonds is 6. The molecule has 0 saturated carbocycles. The van der Waals surface area contributed by atoms with Crippen molar-refractivity contribution in [1.82, 2.24) is 14.9 Å². The second-order valence-electron chi connectivity index (χ2n) is 5.76. The average Bonchev–Trinajstić information content (AvgIpc) is 3.20. The number of benzene rings is 1. The van der Waals surface area contributed by atoms with Gasteiger partial charge in [0.05, 0.1) is 12.4 Å². The van der Waals surface area contributed by atoms with Crippen LogP contribution in [0.5, 0.6) is 5.75 Å². The maximum absolute atomic E-state index is 12.6. The third-order valence-electron chi connectivity index (χ3n) is 3.79. The lowest BCUT2D eigenvalue weighted by atomic mass is 10.1. The van der Waals surface area contributed by atoms with Crippen molar-refractivity contribution in [3.63, 3.8) is 0 Å². The number of phenols is 1. The summed E-state index contributed by atoms with van der Waals surface area (Å²) in [6.45, 7) is -0.527. The quantitative estimate of drug-likeness (QED) is 0.550. The number of aromatic hydroxyl groups is 1. The summed E-state index contributed by atoms with van der Waals surface area (Å²) in [7, 11) is 0. The zero-order chi connectivity index (χ0) is 18.7. The summed E-state index contributed by atoms with van der Waals surface area (Å²) < 4.78 is 0. The van der Waals surface area contributed by atoms with Gasteiger partial charge in [-0.15, -0.1) is 0 Å². The third kappa shape index (κ3) is 3.78. The number of aliphatic carboxylic acids is 1. The van der Waals surface area contributed by atoms with Crippen molar-refractivity contribution in [2.75, 3.05) is 6.54 Å². The number of aromatic amines is 1. The molecule has 0 aliphatic carbocycles. The van der Waals surface area contributed by atoms with Gasteiger partial charge in [0.15, 0.2) is 0 Å². The molecule has 26 heavy (non-hydrogen) atoms. The summed E-state index contributed by atoms with van der Waals surface area (Å²) in [5.74, 6) is -1.40. The van der Waals surface area contributed by atoms with E-state index in [0.717, 1.165) is 10.6 Å². The first-order valence-electron chi connectivity index (χ1n) is 7.80. The van der Waals surface area contributed by atoms with Crippen LogP contribution in [0.3, 0.4) is 0 Å². The van der Waals surface area contributed by atoms with Crippen molar-refractivity contribution >= 4 is 23.8 Å². The van der Waals surface area contributed by atoms with Crippen LogP contribution < -0.4 is 5.73 Å². The largest absolute Gasteiger partial charge is 0.508 e. The van der Waals surface area contributed by atoms with Crippen LogP contribution >= 0.6 is 0 Å². The van der Waals surface area contributed by atoms with Gasteiger partial charge < -0.3 is 20.9 Å². The molecule has 1 aliphatic rings. The number of H-pyrrole nitrogens is 1. The summed E-state index contributed by atoms with van der Waals surface area (Å²) in [6.07, 6.45) is 4.96. The predicted molar refractivity (Wildman–Crippen MR) is 93.1 cm³/mol. The van der Waals surface area contributed by atoms with Crippen LogP contribution in [-0.4, -0.2) is 55.4 Å². The summed E-state index contributed by atoms with van der Waals surface area (Å²) in [5.41, 5.74) is 7.63. The number of imidazole rings is 1. The summed E-state index contributed by atoms with van der Waals surface area (Å²) in [4.78, 5) is 35.9. The first-order chi connectivity index (χ1) is 12.4. The molecule has 1 aromatic heterocycles. The first kappa shape index (κ1) is 17.4. The number of nitrogens with zero attached hydrogens (tertiary/aromatic N) is 3. The highest BCUT2D eigenvalue weighted by atomic mass is 16.4. The number of carbonyl (C=O) groups excluding carboxylic acids is 1. The number of amides is 1. The average molecular weight is 355 g/mol. The number of nitrogens with two attached hydrogens (primary N) is 1. The minimum absolute atomic E-state index is 0.0898. The maximum atomic E-state index is 12.6. The van der Waals surface area contributed by atoms with Gasteiger partial charge in [0.1, 0.15) is 23.8 Å². The molecule has 9 heteroatoms. The van der Waals surface area contributed by atoms with Crippen molar-refractivity contribution < 1.29 is 19.8 Å². The van der Waals surface area contributed by atoms with Crippen molar-refractivity contribution in [1.29, 1.82) is 0 Å².